The van der Waals surface area contributed by atoms with Gasteiger partial charge >= 0.3 is 0 Å². The van der Waals surface area contributed by atoms with Crippen molar-refractivity contribution < 1.29 is 0 Å². The molecule has 0 bridgehead atoms. The van der Waals surface area contributed by atoms with Gasteiger partial charge < -0.3 is 9.13 Å². The van der Waals surface area contributed by atoms with Crippen LogP contribution in [0.25, 0.3) is 55.4 Å². The van der Waals surface area contributed by atoms with Crippen LogP contribution in [-0.4, -0.2) is 24.1 Å². The number of aromatic nitrogens is 5. The van der Waals surface area contributed by atoms with Gasteiger partial charge in [-0.3, -0.25) is 4.98 Å². The predicted octanol–water partition coefficient (Wildman–Crippen LogP) is 10.5. The zero-order chi connectivity index (χ0) is 38.1. The Balaban J connectivity index is 1.30. The first-order valence-corrected chi connectivity index (χ1v) is 19.1. The molecule has 56 heavy (non-hydrogen) atoms. The summed E-state index contributed by atoms with van der Waals surface area (Å²) in [7, 11) is 0. The topological polar surface area (TPSA) is 96.1 Å². The van der Waals surface area contributed by atoms with Gasteiger partial charge in [-0.15, -0.1) is 0 Å². The average molecular weight is 722 g/mol. The van der Waals surface area contributed by atoms with Gasteiger partial charge in [-0.05, 0) is 126 Å². The average Bonchev–Trinajstić information content (AvgIpc) is 3.82. The molecule has 0 amide bonds. The van der Waals surface area contributed by atoms with Crippen LogP contribution in [0.3, 0.4) is 0 Å². The van der Waals surface area contributed by atoms with Crippen molar-refractivity contribution in [3.63, 3.8) is 0 Å². The van der Waals surface area contributed by atoms with Crippen molar-refractivity contribution in [3.05, 3.63) is 172 Å². The van der Waals surface area contributed by atoms with E-state index in [1.54, 1.807) is 0 Å². The third kappa shape index (κ3) is 3.92. The molecule has 5 aromatic carbocycles. The minimum atomic E-state index is -0.688. The zero-order valence-electron chi connectivity index (χ0n) is 31.5. The highest BCUT2D eigenvalue weighted by molar-refractivity contribution is 6.02. The second-order valence-electron chi connectivity index (χ2n) is 15.6. The fourth-order valence-corrected chi connectivity index (χ4v) is 10.6. The number of nitriles is 2. The van der Waals surface area contributed by atoms with Crippen LogP contribution >= 0.6 is 0 Å². The Kier molecular flexibility index (Phi) is 6.48. The van der Waals surface area contributed by atoms with Gasteiger partial charge in [0.25, 0.3) is 0 Å². The van der Waals surface area contributed by atoms with Crippen LogP contribution in [-0.2, 0) is 11.1 Å². The van der Waals surface area contributed by atoms with E-state index in [-0.39, 0.29) is 5.92 Å². The Morgan fingerprint density at radius 3 is 2.46 bits per heavy atom. The van der Waals surface area contributed by atoms with Gasteiger partial charge in [0, 0.05) is 29.3 Å². The Bertz CT molecular complexity index is 3210. The fourth-order valence-electron chi connectivity index (χ4n) is 10.6. The summed E-state index contributed by atoms with van der Waals surface area (Å²) < 4.78 is 4.84. The zero-order valence-corrected chi connectivity index (χ0v) is 31.5. The number of hydrogen-bond donors (Lipinski definition) is 0. The van der Waals surface area contributed by atoms with Gasteiger partial charge in [0.1, 0.15) is 11.6 Å². The predicted molar refractivity (Wildman–Crippen MR) is 221 cm³/mol. The number of hydrogen-bond acceptors (Lipinski definition) is 5. The lowest BCUT2D eigenvalue weighted by Crippen LogP contribution is -2.44. The standard InChI is InChI=1S/C49H35N7/c1-5-36(32-11-7-6-9-28(32)2)48(3)38-17-15-35-45-39(18-16-34(44(38)45)46-53-40-19-13-30(26-51)24-43(40)56(46)48)49(4,37-12-8-10-31-27-52-22-21-33(31)37)55-42-20-14-29(25-50)23-41(42)54-47(35)55/h5-14,16-24,27,35H,15H2,1-4H3/b36-5+. The maximum absolute atomic E-state index is 10.1. The molecule has 0 fully saturated rings. The van der Waals surface area contributed by atoms with E-state index in [9.17, 15) is 10.5 Å². The summed E-state index contributed by atoms with van der Waals surface area (Å²) in [6.07, 6.45) is 9.27. The summed E-state index contributed by atoms with van der Waals surface area (Å²) in [5, 5.41) is 22.2. The Morgan fingerprint density at radius 2 is 1.64 bits per heavy atom. The lowest BCUT2D eigenvalue weighted by Gasteiger charge is -2.49. The Morgan fingerprint density at radius 1 is 0.821 bits per heavy atom. The summed E-state index contributed by atoms with van der Waals surface area (Å²) >= 11 is 0. The third-order valence-corrected chi connectivity index (χ3v) is 13.0. The van der Waals surface area contributed by atoms with Crippen molar-refractivity contribution in [2.75, 3.05) is 0 Å². The van der Waals surface area contributed by atoms with Crippen molar-refractivity contribution in [1.29, 1.82) is 10.5 Å². The Hall–Kier alpha value is -7.09. The summed E-state index contributed by atoms with van der Waals surface area (Å²) in [6, 6.07) is 38.3. The summed E-state index contributed by atoms with van der Waals surface area (Å²) in [5.74, 6) is 1.84. The molecule has 3 aromatic heterocycles. The van der Waals surface area contributed by atoms with Crippen molar-refractivity contribution in [1.82, 2.24) is 24.1 Å². The smallest absolute Gasteiger partial charge is 0.142 e. The second-order valence-corrected chi connectivity index (χ2v) is 15.6. The summed E-state index contributed by atoms with van der Waals surface area (Å²) in [4.78, 5) is 15.3. The molecule has 2 aliphatic heterocycles. The van der Waals surface area contributed by atoms with Crippen LogP contribution < -0.4 is 0 Å². The SMILES string of the molecule is C/C=C(\c1ccccc1C)C1(C)C2=CCC3c4c(ccc(c42)-c2nc4ccc(C#N)cc4n21)C(C)(c1cccc2cnccc12)n1c3nc2cc(C#N)ccc21. The molecule has 7 nitrogen and oxygen atoms in total. The molecule has 0 saturated heterocycles. The molecule has 0 radical (unpaired) electrons. The van der Waals surface area contributed by atoms with E-state index in [4.69, 9.17) is 9.97 Å². The molecule has 7 heteroatoms. The fraction of sp³-hybridized carbons (Fsp3) is 0.163. The maximum Gasteiger partial charge on any atom is 0.142 e. The number of aryl methyl sites for hydroxylation is 1. The van der Waals surface area contributed by atoms with Gasteiger partial charge in [0.05, 0.1) is 56.4 Å². The van der Waals surface area contributed by atoms with Crippen LogP contribution in [0.5, 0.6) is 0 Å². The number of nitrogens with zero attached hydrogens (tertiary/aromatic N) is 7. The van der Waals surface area contributed by atoms with Crippen LogP contribution in [0.2, 0.25) is 0 Å². The largest absolute Gasteiger partial charge is 0.313 e. The van der Waals surface area contributed by atoms with E-state index in [0.717, 1.165) is 62.0 Å². The first-order valence-electron chi connectivity index (χ1n) is 19.1. The molecule has 5 heterocycles. The molecular formula is C49H35N7. The van der Waals surface area contributed by atoms with E-state index in [1.807, 2.05) is 42.7 Å². The molecule has 3 unspecified atom stereocenters. The molecule has 3 aliphatic rings. The van der Waals surface area contributed by atoms with E-state index >= 15 is 0 Å². The van der Waals surface area contributed by atoms with Crippen molar-refractivity contribution in [2.24, 2.45) is 0 Å². The maximum atomic E-state index is 10.1. The molecule has 11 rings (SSSR count). The first kappa shape index (κ1) is 32.3. The van der Waals surface area contributed by atoms with Gasteiger partial charge in [0.2, 0.25) is 0 Å². The molecule has 266 valence electrons. The van der Waals surface area contributed by atoms with Crippen LogP contribution in [0.4, 0.5) is 0 Å². The minimum absolute atomic E-state index is 0.0377. The van der Waals surface area contributed by atoms with Crippen molar-refractivity contribution in [2.45, 2.75) is 51.1 Å². The lowest BCUT2D eigenvalue weighted by molar-refractivity contribution is 0.428. The molecule has 8 aromatic rings. The normalized spacial score (nSPS) is 20.6. The number of pyridine rings is 1. The monoisotopic (exact) mass is 721 g/mol. The van der Waals surface area contributed by atoms with Gasteiger partial charge in [-0.2, -0.15) is 10.5 Å². The number of benzene rings is 5. The minimum Gasteiger partial charge on any atom is -0.313 e. The van der Waals surface area contributed by atoms with E-state index in [2.05, 4.69) is 133 Å². The highest BCUT2D eigenvalue weighted by Gasteiger charge is 2.52. The van der Waals surface area contributed by atoms with Gasteiger partial charge in [-0.25, -0.2) is 9.97 Å². The quantitative estimate of drug-likeness (QED) is 0.181. The van der Waals surface area contributed by atoms with Crippen LogP contribution in [0.15, 0.2) is 122 Å². The number of imidazole rings is 2. The van der Waals surface area contributed by atoms with E-state index in [1.165, 1.54) is 39.0 Å². The van der Waals surface area contributed by atoms with Crippen molar-refractivity contribution >= 4 is 44.0 Å². The van der Waals surface area contributed by atoms with Crippen LogP contribution in [0, 0.1) is 29.6 Å². The second kappa shape index (κ2) is 11.2. The summed E-state index contributed by atoms with van der Waals surface area (Å²) in [5.41, 5.74) is 14.2. The van der Waals surface area contributed by atoms with E-state index < -0.39 is 11.1 Å². The number of rotatable bonds is 3. The van der Waals surface area contributed by atoms with Crippen LogP contribution in [0.1, 0.15) is 83.4 Å². The lowest BCUT2D eigenvalue weighted by atomic mass is 9.63. The molecule has 0 N–H and O–H groups in total. The summed E-state index contributed by atoms with van der Waals surface area (Å²) in [6.45, 7) is 8.99. The molecule has 1 aliphatic carbocycles. The highest BCUT2D eigenvalue weighted by Crippen LogP contribution is 2.61. The first-order chi connectivity index (χ1) is 27.3. The molecule has 0 saturated carbocycles. The Labute approximate surface area is 324 Å². The van der Waals surface area contributed by atoms with Gasteiger partial charge in [0.15, 0.2) is 0 Å². The molecule has 3 atom stereocenters. The number of allylic oxidation sites excluding steroid dienone is 4. The molecule has 0 spiro atoms. The molecular weight excluding hydrogens is 687 g/mol. The van der Waals surface area contributed by atoms with Crippen molar-refractivity contribution in [3.8, 4) is 23.5 Å². The third-order valence-electron chi connectivity index (χ3n) is 13.0. The van der Waals surface area contributed by atoms with Gasteiger partial charge in [-0.1, -0.05) is 66.7 Å². The number of fused-ring (bicyclic) bond motifs is 9. The highest BCUT2D eigenvalue weighted by atomic mass is 15.2. The van der Waals surface area contributed by atoms with E-state index in [0.29, 0.717) is 11.1 Å².